The molecule has 0 atom stereocenters. The normalized spacial score (nSPS) is 10.2. The summed E-state index contributed by atoms with van der Waals surface area (Å²) in [6, 6.07) is 17.8. The Hall–Kier alpha value is -3.14. The topological polar surface area (TPSA) is 51.0 Å². The van der Waals surface area contributed by atoms with Crippen LogP contribution in [0.5, 0.6) is 0 Å². The first-order chi connectivity index (χ1) is 12.3. The number of nitrogens with zero attached hydrogens (tertiary/aromatic N) is 2. The van der Waals surface area contributed by atoms with Gasteiger partial charge in [-0.05, 0) is 43.3 Å². The fourth-order valence-electron chi connectivity index (χ4n) is 2.57. The first kappa shape index (κ1) is 16.7. The van der Waals surface area contributed by atoms with Gasteiger partial charge in [-0.1, -0.05) is 32.0 Å². The molecule has 0 bridgehead atoms. The summed E-state index contributed by atoms with van der Waals surface area (Å²) in [7, 11) is 0. The van der Waals surface area contributed by atoms with Gasteiger partial charge in [0.1, 0.15) is 11.5 Å². The molecule has 1 aromatic carbocycles. The van der Waals surface area contributed by atoms with Crippen molar-refractivity contribution in [2.24, 2.45) is 0 Å². The third-order valence-electron chi connectivity index (χ3n) is 3.67. The van der Waals surface area contributed by atoms with Crippen LogP contribution in [0.15, 0.2) is 71.4 Å². The Labute approximate surface area is 147 Å². The fraction of sp³-hybridized carbons (Fsp3) is 0.143. The molecule has 0 aliphatic carbocycles. The van der Waals surface area contributed by atoms with Crippen molar-refractivity contribution in [3.05, 3.63) is 72.8 Å². The molecule has 4 heteroatoms. The lowest BCUT2D eigenvalue weighted by Gasteiger charge is -2.11. The molecule has 0 aliphatic heterocycles. The van der Waals surface area contributed by atoms with Crippen LogP contribution in [0.2, 0.25) is 0 Å². The van der Waals surface area contributed by atoms with E-state index >= 15 is 0 Å². The molecular formula is C21H21N3O. The fourth-order valence-corrected chi connectivity index (χ4v) is 2.57. The number of nitrogens with one attached hydrogen (secondary N) is 1. The van der Waals surface area contributed by atoms with E-state index in [1.54, 1.807) is 12.4 Å². The maximum Gasteiger partial charge on any atom is 0.152 e. The minimum absolute atomic E-state index is 0.769. The van der Waals surface area contributed by atoms with Crippen molar-refractivity contribution in [2.75, 3.05) is 5.32 Å². The number of rotatable bonds is 3. The second-order valence-corrected chi connectivity index (χ2v) is 5.34. The van der Waals surface area contributed by atoms with E-state index in [0.717, 1.165) is 39.5 Å². The smallest absolute Gasteiger partial charge is 0.152 e. The van der Waals surface area contributed by atoms with E-state index in [2.05, 4.69) is 16.4 Å². The van der Waals surface area contributed by atoms with Gasteiger partial charge in [-0.25, -0.2) is 4.98 Å². The Bertz CT molecular complexity index is 961. The van der Waals surface area contributed by atoms with Crippen molar-refractivity contribution in [3.8, 4) is 11.5 Å². The maximum absolute atomic E-state index is 5.72. The number of anilines is 2. The molecule has 0 fully saturated rings. The molecule has 0 saturated heterocycles. The van der Waals surface area contributed by atoms with Crippen LogP contribution in [0.3, 0.4) is 0 Å². The molecule has 1 N–H and O–H groups in total. The predicted molar refractivity (Wildman–Crippen MR) is 103 cm³/mol. The molecular weight excluding hydrogens is 310 g/mol. The van der Waals surface area contributed by atoms with E-state index in [9.17, 15) is 0 Å². The van der Waals surface area contributed by atoms with Crippen LogP contribution in [0, 0.1) is 6.92 Å². The zero-order valence-corrected chi connectivity index (χ0v) is 14.7. The summed E-state index contributed by atoms with van der Waals surface area (Å²) in [6.07, 6.45) is 3.53. The average Bonchev–Trinajstić information content (AvgIpc) is 3.11. The summed E-state index contributed by atoms with van der Waals surface area (Å²) in [5.74, 6) is 1.64. The van der Waals surface area contributed by atoms with Crippen molar-refractivity contribution in [3.63, 3.8) is 0 Å². The van der Waals surface area contributed by atoms with Crippen LogP contribution >= 0.6 is 0 Å². The highest BCUT2D eigenvalue weighted by Gasteiger charge is 2.10. The number of fused-ring (bicyclic) bond motifs is 1. The van der Waals surface area contributed by atoms with Gasteiger partial charge in [0, 0.05) is 23.5 Å². The summed E-state index contributed by atoms with van der Waals surface area (Å²) >= 11 is 0. The molecule has 3 aromatic heterocycles. The first-order valence-corrected chi connectivity index (χ1v) is 8.43. The number of para-hydroxylation sites is 1. The van der Waals surface area contributed by atoms with Crippen LogP contribution in [0.25, 0.3) is 22.4 Å². The molecule has 0 saturated carbocycles. The molecule has 25 heavy (non-hydrogen) atoms. The molecule has 4 nitrogen and oxygen atoms in total. The number of benzene rings is 1. The largest absolute Gasteiger partial charge is 0.460 e. The van der Waals surface area contributed by atoms with Crippen LogP contribution < -0.4 is 5.32 Å². The predicted octanol–water partition coefficient (Wildman–Crippen LogP) is 5.97. The maximum atomic E-state index is 5.72. The lowest BCUT2D eigenvalue weighted by Crippen LogP contribution is -1.94. The molecule has 0 amide bonds. The Morgan fingerprint density at radius 2 is 1.68 bits per heavy atom. The second kappa shape index (κ2) is 7.62. The first-order valence-electron chi connectivity index (χ1n) is 8.43. The highest BCUT2D eigenvalue weighted by molar-refractivity contribution is 5.95. The van der Waals surface area contributed by atoms with Gasteiger partial charge in [0.15, 0.2) is 5.76 Å². The van der Waals surface area contributed by atoms with Crippen molar-refractivity contribution >= 4 is 22.3 Å². The van der Waals surface area contributed by atoms with Crippen molar-refractivity contribution in [1.82, 2.24) is 9.97 Å². The number of pyridine rings is 2. The quantitative estimate of drug-likeness (QED) is 0.502. The van der Waals surface area contributed by atoms with Crippen molar-refractivity contribution < 1.29 is 4.42 Å². The van der Waals surface area contributed by atoms with Gasteiger partial charge in [0.05, 0.1) is 11.2 Å². The van der Waals surface area contributed by atoms with Gasteiger partial charge in [0.25, 0.3) is 0 Å². The average molecular weight is 331 g/mol. The van der Waals surface area contributed by atoms with E-state index in [1.807, 2.05) is 69.3 Å². The Morgan fingerprint density at radius 3 is 2.40 bits per heavy atom. The lowest BCUT2D eigenvalue weighted by atomic mass is 10.1. The van der Waals surface area contributed by atoms with Crippen molar-refractivity contribution in [1.29, 1.82) is 0 Å². The van der Waals surface area contributed by atoms with Crippen LogP contribution in [-0.4, -0.2) is 9.97 Å². The number of hydrogen-bond donors (Lipinski definition) is 1. The molecule has 0 unspecified atom stereocenters. The Morgan fingerprint density at radius 1 is 0.920 bits per heavy atom. The molecule has 3 heterocycles. The molecule has 126 valence electrons. The van der Waals surface area contributed by atoms with Crippen molar-refractivity contribution in [2.45, 2.75) is 20.8 Å². The van der Waals surface area contributed by atoms with Gasteiger partial charge in [-0.2, -0.15) is 0 Å². The standard InChI is InChI=1S/C19H15N3O.C2H6/c1-13-6-7-19(23-13)18-12-17(21-14-8-10-20-11-9-14)15-4-2-3-5-16(15)22-18;1-2/h2-12H,1H3,(H,20,21,22);1-2H3. The molecule has 4 aromatic rings. The highest BCUT2D eigenvalue weighted by Crippen LogP contribution is 2.30. The van der Waals surface area contributed by atoms with E-state index in [0.29, 0.717) is 0 Å². The summed E-state index contributed by atoms with van der Waals surface area (Å²) < 4.78 is 5.72. The Balaban J connectivity index is 0.000000880. The van der Waals surface area contributed by atoms with Gasteiger partial charge < -0.3 is 9.73 Å². The number of aryl methyl sites for hydroxylation is 1. The summed E-state index contributed by atoms with van der Waals surface area (Å²) in [4.78, 5) is 8.76. The van der Waals surface area contributed by atoms with Gasteiger partial charge in [0.2, 0.25) is 0 Å². The second-order valence-electron chi connectivity index (χ2n) is 5.34. The van der Waals surface area contributed by atoms with E-state index in [4.69, 9.17) is 9.40 Å². The third kappa shape index (κ3) is 3.69. The minimum atomic E-state index is 0.769. The molecule has 0 radical (unpaired) electrons. The summed E-state index contributed by atoms with van der Waals surface area (Å²) in [5, 5.41) is 4.51. The molecule has 0 aliphatic rings. The zero-order valence-electron chi connectivity index (χ0n) is 14.7. The van der Waals surface area contributed by atoms with E-state index in [1.165, 1.54) is 0 Å². The number of furan rings is 1. The van der Waals surface area contributed by atoms with Crippen LogP contribution in [0.1, 0.15) is 19.6 Å². The number of aromatic nitrogens is 2. The summed E-state index contributed by atoms with van der Waals surface area (Å²) in [5.41, 5.74) is 3.72. The van der Waals surface area contributed by atoms with Gasteiger partial charge >= 0.3 is 0 Å². The summed E-state index contributed by atoms with van der Waals surface area (Å²) in [6.45, 7) is 5.93. The molecule has 0 spiro atoms. The van der Waals surface area contributed by atoms with E-state index in [-0.39, 0.29) is 0 Å². The third-order valence-corrected chi connectivity index (χ3v) is 3.67. The van der Waals surface area contributed by atoms with Crippen LogP contribution in [-0.2, 0) is 0 Å². The van der Waals surface area contributed by atoms with E-state index < -0.39 is 0 Å². The monoisotopic (exact) mass is 331 g/mol. The zero-order chi connectivity index (χ0) is 17.6. The van der Waals surface area contributed by atoms with Crippen LogP contribution in [0.4, 0.5) is 11.4 Å². The highest BCUT2D eigenvalue weighted by atomic mass is 16.3. The van der Waals surface area contributed by atoms with Gasteiger partial charge in [-0.3, -0.25) is 4.98 Å². The Kier molecular flexibility index (Phi) is 5.09. The molecule has 4 rings (SSSR count). The minimum Gasteiger partial charge on any atom is -0.460 e. The number of hydrogen-bond acceptors (Lipinski definition) is 4. The SMILES string of the molecule is CC.Cc1ccc(-c2cc(Nc3ccncc3)c3ccccc3n2)o1. The lowest BCUT2D eigenvalue weighted by molar-refractivity contribution is 0.546. The van der Waals surface area contributed by atoms with Gasteiger partial charge in [-0.15, -0.1) is 0 Å².